The third-order valence-electron chi connectivity index (χ3n) is 3.31. The molecular formula is C15H22N2O2S. The second-order valence-electron chi connectivity index (χ2n) is 5.97. The molecule has 2 rings (SSSR count). The number of ether oxygens (including phenoxy) is 1. The fraction of sp³-hybridized carbons (Fsp3) is 0.533. The van der Waals surface area contributed by atoms with Crippen LogP contribution < -0.4 is 15.0 Å². The molecule has 0 aromatic heterocycles. The zero-order chi connectivity index (χ0) is 15.0. The third kappa shape index (κ3) is 3.04. The first-order valence-electron chi connectivity index (χ1n) is 6.83. The summed E-state index contributed by atoms with van der Waals surface area (Å²) in [7, 11) is 0. The Morgan fingerprint density at radius 2 is 1.90 bits per heavy atom. The molecule has 20 heavy (non-hydrogen) atoms. The van der Waals surface area contributed by atoms with E-state index in [1.807, 2.05) is 45.0 Å². The van der Waals surface area contributed by atoms with Crippen molar-refractivity contribution in [2.45, 2.75) is 45.4 Å². The van der Waals surface area contributed by atoms with Crippen LogP contribution in [-0.2, 0) is 0 Å². The fourth-order valence-electron chi connectivity index (χ4n) is 2.78. The van der Waals surface area contributed by atoms with Crippen LogP contribution in [0.25, 0.3) is 0 Å². The molecule has 2 N–H and O–H groups in total. The molecule has 1 aliphatic heterocycles. The van der Waals surface area contributed by atoms with Crippen LogP contribution in [0.3, 0.4) is 0 Å². The highest BCUT2D eigenvalue weighted by molar-refractivity contribution is 7.80. The van der Waals surface area contributed by atoms with Crippen molar-refractivity contribution >= 4 is 23.0 Å². The van der Waals surface area contributed by atoms with Gasteiger partial charge >= 0.3 is 0 Å². The van der Waals surface area contributed by atoms with Gasteiger partial charge in [-0.25, -0.2) is 0 Å². The van der Waals surface area contributed by atoms with Gasteiger partial charge in [-0.1, -0.05) is 0 Å². The van der Waals surface area contributed by atoms with Gasteiger partial charge in [-0.2, -0.15) is 0 Å². The molecule has 0 aliphatic carbocycles. The Kier molecular flexibility index (Phi) is 3.93. The van der Waals surface area contributed by atoms with E-state index >= 15 is 0 Å². The molecule has 110 valence electrons. The van der Waals surface area contributed by atoms with E-state index in [-0.39, 0.29) is 5.54 Å². The quantitative estimate of drug-likeness (QED) is 0.839. The number of rotatable bonds is 3. The minimum absolute atomic E-state index is 0.220. The zero-order valence-electron chi connectivity index (χ0n) is 12.4. The molecule has 1 heterocycles. The standard InChI is InChI=1S/C15H22N2O2S/c1-5-19-12-8-6-11(7-9-12)17-13(20)16-14(2,3)10-15(17,4)18/h6-9,18H,5,10H2,1-4H3,(H,16,20). The Morgan fingerprint density at radius 3 is 2.40 bits per heavy atom. The van der Waals surface area contributed by atoms with Crippen molar-refractivity contribution in [2.24, 2.45) is 0 Å². The van der Waals surface area contributed by atoms with E-state index in [1.54, 1.807) is 11.8 Å². The number of hydrogen-bond acceptors (Lipinski definition) is 3. The second kappa shape index (κ2) is 5.22. The maximum Gasteiger partial charge on any atom is 0.176 e. The van der Waals surface area contributed by atoms with Crippen molar-refractivity contribution < 1.29 is 9.84 Å². The smallest absolute Gasteiger partial charge is 0.176 e. The maximum absolute atomic E-state index is 10.7. The third-order valence-corrected chi connectivity index (χ3v) is 3.60. The predicted molar refractivity (Wildman–Crippen MR) is 85.1 cm³/mol. The Bertz CT molecular complexity index is 497. The van der Waals surface area contributed by atoms with Crippen molar-refractivity contribution in [2.75, 3.05) is 11.5 Å². The second-order valence-corrected chi connectivity index (χ2v) is 6.36. The first-order chi connectivity index (χ1) is 9.25. The van der Waals surface area contributed by atoms with Crippen molar-refractivity contribution in [1.82, 2.24) is 5.32 Å². The largest absolute Gasteiger partial charge is 0.494 e. The molecule has 0 saturated carbocycles. The van der Waals surface area contributed by atoms with Crippen LogP contribution >= 0.6 is 12.2 Å². The van der Waals surface area contributed by atoms with Gasteiger partial charge in [0.2, 0.25) is 0 Å². The SMILES string of the molecule is CCOc1ccc(N2C(=S)NC(C)(C)CC2(C)O)cc1. The number of benzene rings is 1. The van der Waals surface area contributed by atoms with Gasteiger partial charge in [-0.15, -0.1) is 0 Å². The van der Waals surface area contributed by atoms with Crippen LogP contribution in [0.4, 0.5) is 5.69 Å². The summed E-state index contributed by atoms with van der Waals surface area (Å²) in [6.07, 6.45) is 0.577. The van der Waals surface area contributed by atoms with Crippen LogP contribution in [0.1, 0.15) is 34.1 Å². The number of nitrogens with one attached hydrogen (secondary N) is 1. The molecule has 1 unspecified atom stereocenters. The molecule has 1 saturated heterocycles. The molecule has 0 bridgehead atoms. The first-order valence-corrected chi connectivity index (χ1v) is 7.24. The van der Waals surface area contributed by atoms with Gasteiger partial charge in [0.05, 0.1) is 6.61 Å². The monoisotopic (exact) mass is 294 g/mol. The summed E-state index contributed by atoms with van der Waals surface area (Å²) in [6, 6.07) is 7.59. The molecular weight excluding hydrogens is 272 g/mol. The van der Waals surface area contributed by atoms with Crippen LogP contribution in [0.5, 0.6) is 5.75 Å². The highest BCUT2D eigenvalue weighted by Gasteiger charge is 2.43. The molecule has 0 spiro atoms. The van der Waals surface area contributed by atoms with Gasteiger partial charge in [0, 0.05) is 17.6 Å². The number of aliphatic hydroxyl groups is 1. The van der Waals surface area contributed by atoms with Crippen molar-refractivity contribution in [3.05, 3.63) is 24.3 Å². The van der Waals surface area contributed by atoms with E-state index in [2.05, 4.69) is 5.32 Å². The van der Waals surface area contributed by atoms with Gasteiger partial charge in [0.25, 0.3) is 0 Å². The average molecular weight is 294 g/mol. The van der Waals surface area contributed by atoms with E-state index in [1.165, 1.54) is 0 Å². The van der Waals surface area contributed by atoms with Crippen molar-refractivity contribution in [3.63, 3.8) is 0 Å². The molecule has 1 fully saturated rings. The Hall–Kier alpha value is -1.33. The predicted octanol–water partition coefficient (Wildman–Crippen LogP) is 2.66. The van der Waals surface area contributed by atoms with Crippen LogP contribution in [0.15, 0.2) is 24.3 Å². The van der Waals surface area contributed by atoms with Gasteiger partial charge in [-0.3, -0.25) is 4.90 Å². The molecule has 1 aromatic carbocycles. The summed E-state index contributed by atoms with van der Waals surface area (Å²) in [5.41, 5.74) is -0.382. The van der Waals surface area contributed by atoms with Crippen molar-refractivity contribution in [1.29, 1.82) is 0 Å². The van der Waals surface area contributed by atoms with E-state index in [9.17, 15) is 5.11 Å². The zero-order valence-corrected chi connectivity index (χ0v) is 13.3. The summed E-state index contributed by atoms with van der Waals surface area (Å²) in [6.45, 7) is 8.43. The Morgan fingerprint density at radius 1 is 1.30 bits per heavy atom. The molecule has 1 aromatic rings. The molecule has 0 amide bonds. The van der Waals surface area contributed by atoms with Crippen LogP contribution in [0.2, 0.25) is 0 Å². The van der Waals surface area contributed by atoms with E-state index in [0.29, 0.717) is 18.1 Å². The van der Waals surface area contributed by atoms with Gasteiger partial charge < -0.3 is 15.2 Å². The van der Waals surface area contributed by atoms with E-state index < -0.39 is 5.72 Å². The highest BCUT2D eigenvalue weighted by atomic mass is 32.1. The first kappa shape index (κ1) is 15.1. The average Bonchev–Trinajstić information content (AvgIpc) is 2.27. The fourth-order valence-corrected chi connectivity index (χ4v) is 3.36. The number of anilines is 1. The van der Waals surface area contributed by atoms with Crippen LogP contribution in [-0.4, -0.2) is 28.1 Å². The lowest BCUT2D eigenvalue weighted by Gasteiger charge is -2.49. The maximum atomic E-state index is 10.7. The minimum Gasteiger partial charge on any atom is -0.494 e. The van der Waals surface area contributed by atoms with Gasteiger partial charge in [0.1, 0.15) is 11.5 Å². The molecule has 4 nitrogen and oxygen atoms in total. The van der Waals surface area contributed by atoms with E-state index in [0.717, 1.165) is 11.4 Å². The summed E-state index contributed by atoms with van der Waals surface area (Å²) >= 11 is 5.41. The molecule has 1 aliphatic rings. The number of hydrogen-bond donors (Lipinski definition) is 2. The number of nitrogens with zero attached hydrogens (tertiary/aromatic N) is 1. The summed E-state index contributed by atoms with van der Waals surface area (Å²) in [4.78, 5) is 1.75. The lowest BCUT2D eigenvalue weighted by Crippen LogP contribution is -2.66. The van der Waals surface area contributed by atoms with Gasteiger partial charge in [0.15, 0.2) is 5.11 Å². The Labute approximate surface area is 125 Å². The van der Waals surface area contributed by atoms with Crippen molar-refractivity contribution in [3.8, 4) is 5.75 Å². The lowest BCUT2D eigenvalue weighted by molar-refractivity contribution is 0.0277. The van der Waals surface area contributed by atoms with E-state index in [4.69, 9.17) is 17.0 Å². The van der Waals surface area contributed by atoms with Crippen LogP contribution in [0, 0.1) is 0 Å². The molecule has 0 radical (unpaired) electrons. The minimum atomic E-state index is -1.01. The summed E-state index contributed by atoms with van der Waals surface area (Å²) < 4.78 is 5.43. The topological polar surface area (TPSA) is 44.7 Å². The molecule has 5 heteroatoms. The Balaban J connectivity index is 2.28. The lowest BCUT2D eigenvalue weighted by atomic mass is 9.90. The molecule has 1 atom stereocenters. The highest BCUT2D eigenvalue weighted by Crippen LogP contribution is 2.34. The number of thiocarbonyl (C=S) groups is 1. The normalized spacial score (nSPS) is 25.2. The summed E-state index contributed by atoms with van der Waals surface area (Å²) in [5, 5.41) is 14.5. The summed E-state index contributed by atoms with van der Waals surface area (Å²) in [5.74, 6) is 0.812. The van der Waals surface area contributed by atoms with Gasteiger partial charge in [-0.05, 0) is 64.2 Å².